The van der Waals surface area contributed by atoms with E-state index >= 15 is 0 Å². The summed E-state index contributed by atoms with van der Waals surface area (Å²) in [4.78, 5) is 3.74. The van der Waals surface area contributed by atoms with Gasteiger partial charge in [-0.2, -0.15) is 13.8 Å². The minimum Gasteiger partial charge on any atom is -0.367 e. The number of hydrogen-bond donors (Lipinski definition) is 0. The number of hydrogen-bond acceptors (Lipinski definition) is 4. The molecule has 0 unspecified atom stereocenters. The van der Waals surface area contributed by atoms with Gasteiger partial charge in [-0.15, -0.1) is 11.6 Å². The standard InChI is InChI=1S/C8H9ClF4N2O2/c9-2-1-6-14-5(15-17-6)3-16-4-8(12,13)7(10)11/h7H,1-4H2. The highest BCUT2D eigenvalue weighted by Crippen LogP contribution is 2.23. The molecule has 98 valence electrons. The number of rotatable bonds is 7. The molecule has 1 aromatic rings. The van der Waals surface area contributed by atoms with Gasteiger partial charge >= 0.3 is 12.3 Å². The quantitative estimate of drug-likeness (QED) is 0.566. The Morgan fingerprint density at radius 3 is 2.71 bits per heavy atom. The second-order valence-electron chi connectivity index (χ2n) is 3.10. The van der Waals surface area contributed by atoms with Crippen molar-refractivity contribution in [2.75, 3.05) is 12.5 Å². The van der Waals surface area contributed by atoms with Crippen LogP contribution in [0, 0.1) is 0 Å². The van der Waals surface area contributed by atoms with Crippen LogP contribution in [-0.2, 0) is 17.8 Å². The van der Waals surface area contributed by atoms with Gasteiger partial charge in [-0.25, -0.2) is 8.78 Å². The van der Waals surface area contributed by atoms with Crippen molar-refractivity contribution in [1.29, 1.82) is 0 Å². The Labute approximate surface area is 98.9 Å². The molecule has 0 spiro atoms. The summed E-state index contributed by atoms with van der Waals surface area (Å²) in [6, 6.07) is 0. The van der Waals surface area contributed by atoms with E-state index in [9.17, 15) is 17.6 Å². The third-order valence-electron chi connectivity index (χ3n) is 1.66. The van der Waals surface area contributed by atoms with Gasteiger partial charge in [0.15, 0.2) is 5.82 Å². The van der Waals surface area contributed by atoms with Gasteiger partial charge in [-0.1, -0.05) is 5.16 Å². The van der Waals surface area contributed by atoms with Crippen LogP contribution in [0.1, 0.15) is 11.7 Å². The van der Waals surface area contributed by atoms with Crippen LogP contribution < -0.4 is 0 Å². The molecule has 0 aliphatic heterocycles. The minimum absolute atomic E-state index is 0.00943. The molecule has 4 nitrogen and oxygen atoms in total. The molecule has 0 aliphatic rings. The topological polar surface area (TPSA) is 48.2 Å². The summed E-state index contributed by atoms with van der Waals surface area (Å²) in [6.07, 6.45) is -3.43. The number of halogens is 5. The smallest absolute Gasteiger partial charge is 0.330 e. The average molecular weight is 277 g/mol. The molecule has 17 heavy (non-hydrogen) atoms. The van der Waals surface area contributed by atoms with Gasteiger partial charge in [0.05, 0.1) is 0 Å². The predicted octanol–water partition coefficient (Wildman–Crippen LogP) is 2.27. The second kappa shape index (κ2) is 6.15. The van der Waals surface area contributed by atoms with Crippen LogP contribution >= 0.6 is 11.6 Å². The predicted molar refractivity (Wildman–Crippen MR) is 49.3 cm³/mol. The molecular weight excluding hydrogens is 268 g/mol. The lowest BCUT2D eigenvalue weighted by molar-refractivity contribution is -0.168. The molecule has 1 rings (SSSR count). The van der Waals surface area contributed by atoms with Crippen molar-refractivity contribution in [2.24, 2.45) is 0 Å². The van der Waals surface area contributed by atoms with Gasteiger partial charge in [-0.05, 0) is 0 Å². The Morgan fingerprint density at radius 2 is 2.12 bits per heavy atom. The fourth-order valence-corrected chi connectivity index (χ4v) is 1.03. The van der Waals surface area contributed by atoms with E-state index in [-0.39, 0.29) is 17.6 Å². The zero-order valence-electron chi connectivity index (χ0n) is 8.51. The summed E-state index contributed by atoms with van der Waals surface area (Å²) in [5.74, 6) is -3.66. The molecule has 1 aromatic heterocycles. The van der Waals surface area contributed by atoms with Crippen LogP contribution in [0.3, 0.4) is 0 Å². The van der Waals surface area contributed by atoms with Crippen molar-refractivity contribution in [3.63, 3.8) is 0 Å². The monoisotopic (exact) mass is 276 g/mol. The second-order valence-corrected chi connectivity index (χ2v) is 3.48. The van der Waals surface area contributed by atoms with Crippen LogP contribution in [0.25, 0.3) is 0 Å². The van der Waals surface area contributed by atoms with Crippen molar-refractivity contribution in [2.45, 2.75) is 25.4 Å². The number of aromatic nitrogens is 2. The highest BCUT2D eigenvalue weighted by molar-refractivity contribution is 6.17. The molecule has 0 amide bonds. The van der Waals surface area contributed by atoms with Gasteiger partial charge in [-0.3, -0.25) is 0 Å². The molecule has 0 saturated heterocycles. The van der Waals surface area contributed by atoms with Crippen LogP contribution in [0.2, 0.25) is 0 Å². The summed E-state index contributed by atoms with van der Waals surface area (Å²) in [5.41, 5.74) is 0. The lowest BCUT2D eigenvalue weighted by Crippen LogP contribution is -2.32. The molecule has 1 heterocycles. The summed E-state index contributed by atoms with van der Waals surface area (Å²) < 4.78 is 57.4. The first kappa shape index (κ1) is 14.2. The maximum Gasteiger partial charge on any atom is 0.330 e. The molecule has 0 radical (unpaired) electrons. The maximum atomic E-state index is 12.4. The molecule has 0 bridgehead atoms. The van der Waals surface area contributed by atoms with E-state index in [1.165, 1.54) is 0 Å². The molecule has 0 aromatic carbocycles. The number of ether oxygens (including phenoxy) is 1. The molecule has 0 saturated carbocycles. The highest BCUT2D eigenvalue weighted by atomic mass is 35.5. The SMILES string of the molecule is FC(F)C(F)(F)COCc1noc(CCCl)n1. The maximum absolute atomic E-state index is 12.4. The van der Waals surface area contributed by atoms with Crippen molar-refractivity contribution in [3.05, 3.63) is 11.7 Å². The largest absolute Gasteiger partial charge is 0.367 e. The normalized spacial score (nSPS) is 12.4. The van der Waals surface area contributed by atoms with Gasteiger partial charge in [0.2, 0.25) is 5.89 Å². The first-order chi connectivity index (χ1) is 7.95. The lowest BCUT2D eigenvalue weighted by Gasteiger charge is -2.14. The van der Waals surface area contributed by atoms with E-state index < -0.39 is 25.6 Å². The summed E-state index contributed by atoms with van der Waals surface area (Å²) in [5, 5.41) is 3.40. The van der Waals surface area contributed by atoms with Crippen molar-refractivity contribution in [1.82, 2.24) is 10.1 Å². The van der Waals surface area contributed by atoms with Crippen molar-refractivity contribution < 1.29 is 26.8 Å². The van der Waals surface area contributed by atoms with E-state index in [4.69, 9.17) is 11.6 Å². The van der Waals surface area contributed by atoms with E-state index in [1.54, 1.807) is 0 Å². The van der Waals surface area contributed by atoms with Crippen LogP contribution in [0.4, 0.5) is 17.6 Å². The Kier molecular flexibility index (Phi) is 5.13. The number of aryl methyl sites for hydroxylation is 1. The molecule has 0 N–H and O–H groups in total. The van der Waals surface area contributed by atoms with Gasteiger partial charge in [0, 0.05) is 12.3 Å². The van der Waals surface area contributed by atoms with E-state index in [0.29, 0.717) is 6.42 Å². The minimum atomic E-state index is -4.18. The fourth-order valence-electron chi connectivity index (χ4n) is 0.873. The van der Waals surface area contributed by atoms with E-state index in [2.05, 4.69) is 19.4 Å². The van der Waals surface area contributed by atoms with Crippen LogP contribution in [0.15, 0.2) is 4.52 Å². The summed E-state index contributed by atoms with van der Waals surface area (Å²) in [6.45, 7) is -1.82. The molecule has 0 fully saturated rings. The molecule has 0 aliphatic carbocycles. The van der Waals surface area contributed by atoms with Crippen molar-refractivity contribution in [3.8, 4) is 0 Å². The first-order valence-corrected chi connectivity index (χ1v) is 5.10. The summed E-state index contributed by atoms with van der Waals surface area (Å²) in [7, 11) is 0. The third-order valence-corrected chi connectivity index (χ3v) is 1.85. The third kappa shape index (κ3) is 4.47. The highest BCUT2D eigenvalue weighted by Gasteiger charge is 2.41. The van der Waals surface area contributed by atoms with Crippen LogP contribution in [-0.4, -0.2) is 35.0 Å². The Balaban J connectivity index is 2.35. The van der Waals surface area contributed by atoms with E-state index in [1.807, 2.05) is 0 Å². The molecule has 0 atom stereocenters. The van der Waals surface area contributed by atoms with Crippen LogP contribution in [0.5, 0.6) is 0 Å². The zero-order chi connectivity index (χ0) is 12.9. The van der Waals surface area contributed by atoms with Crippen molar-refractivity contribution >= 4 is 11.6 Å². The number of nitrogens with zero attached hydrogens (tertiary/aromatic N) is 2. The van der Waals surface area contributed by atoms with Gasteiger partial charge in [0.25, 0.3) is 0 Å². The fraction of sp³-hybridized carbons (Fsp3) is 0.750. The van der Waals surface area contributed by atoms with Gasteiger partial charge in [0.1, 0.15) is 13.2 Å². The Bertz CT molecular complexity index is 348. The average Bonchev–Trinajstić information content (AvgIpc) is 2.66. The molecule has 9 heteroatoms. The van der Waals surface area contributed by atoms with E-state index in [0.717, 1.165) is 0 Å². The summed E-state index contributed by atoms with van der Waals surface area (Å²) >= 11 is 5.40. The number of alkyl halides is 5. The molecular formula is C8H9ClF4N2O2. The van der Waals surface area contributed by atoms with Gasteiger partial charge < -0.3 is 9.26 Å². The Morgan fingerprint density at radius 1 is 1.41 bits per heavy atom. The zero-order valence-corrected chi connectivity index (χ0v) is 9.26. The lowest BCUT2D eigenvalue weighted by atomic mass is 10.4. The first-order valence-electron chi connectivity index (χ1n) is 4.57. The Hall–Kier alpha value is -0.890.